The number of halogens is 2. The summed E-state index contributed by atoms with van der Waals surface area (Å²) < 4.78 is 34.5. The number of carbonyl (C=O) groups excluding carboxylic acids is 2. The normalized spacial score (nSPS) is 11.6. The Morgan fingerprint density at radius 2 is 1.47 bits per heavy atom. The molecule has 0 aliphatic heterocycles. The maximum absolute atomic E-state index is 12.6. The summed E-state index contributed by atoms with van der Waals surface area (Å²) in [7, 11) is 0. The van der Waals surface area contributed by atoms with Crippen LogP contribution in [0, 0.1) is 0 Å². The van der Waals surface area contributed by atoms with E-state index in [4.69, 9.17) is 4.74 Å². The third kappa shape index (κ3) is 5.41. The summed E-state index contributed by atoms with van der Waals surface area (Å²) in [6.07, 6.45) is -0.905. The Labute approximate surface area is 172 Å². The van der Waals surface area contributed by atoms with E-state index in [1.165, 1.54) is 24.3 Å². The number of benzene rings is 3. The van der Waals surface area contributed by atoms with Crippen LogP contribution in [0.25, 0.3) is 0 Å². The van der Waals surface area contributed by atoms with Crippen molar-refractivity contribution in [3.05, 3.63) is 90.0 Å². The molecule has 3 aromatic carbocycles. The largest absolute Gasteiger partial charge is 0.482 e. The molecule has 5 nitrogen and oxygen atoms in total. The molecule has 1 amide bonds. The standard InChI is InChI=1S/C23H19F2NO4/c1-15(21(27)16-11-13-18(14-12-16)30-23(24)25)29-20-10-6-5-9-19(20)22(28)26-17-7-3-2-4-8-17/h2-15,23H,1H3,(H,26,28)/t15-/m0/s1. The van der Waals surface area contributed by atoms with Gasteiger partial charge in [-0.3, -0.25) is 9.59 Å². The smallest absolute Gasteiger partial charge is 0.387 e. The van der Waals surface area contributed by atoms with Gasteiger partial charge in [0.15, 0.2) is 6.10 Å². The van der Waals surface area contributed by atoms with Crippen LogP contribution in [0.1, 0.15) is 27.6 Å². The van der Waals surface area contributed by atoms with Crippen molar-refractivity contribution in [2.75, 3.05) is 5.32 Å². The minimum Gasteiger partial charge on any atom is -0.482 e. The van der Waals surface area contributed by atoms with Crippen LogP contribution in [0.5, 0.6) is 11.5 Å². The molecule has 7 heteroatoms. The molecule has 0 aliphatic carbocycles. The van der Waals surface area contributed by atoms with Crippen LogP contribution < -0.4 is 14.8 Å². The van der Waals surface area contributed by atoms with Crippen LogP contribution in [-0.4, -0.2) is 24.4 Å². The predicted molar refractivity (Wildman–Crippen MR) is 108 cm³/mol. The predicted octanol–water partition coefficient (Wildman–Crippen LogP) is 5.19. The number of Topliss-reactive ketones (excluding diaryl/α,β-unsaturated/α-hetero) is 1. The fourth-order valence-electron chi connectivity index (χ4n) is 2.76. The summed E-state index contributed by atoms with van der Waals surface area (Å²) in [4.78, 5) is 25.3. The van der Waals surface area contributed by atoms with Gasteiger partial charge in [-0.1, -0.05) is 30.3 Å². The summed E-state index contributed by atoms with van der Waals surface area (Å²) in [5.41, 5.74) is 1.18. The van der Waals surface area contributed by atoms with Crippen LogP contribution in [-0.2, 0) is 0 Å². The second-order valence-electron chi connectivity index (χ2n) is 6.34. The number of alkyl halides is 2. The summed E-state index contributed by atoms with van der Waals surface area (Å²) in [5, 5.41) is 2.78. The van der Waals surface area contributed by atoms with E-state index in [0.29, 0.717) is 5.69 Å². The van der Waals surface area contributed by atoms with Crippen molar-refractivity contribution < 1.29 is 27.8 Å². The van der Waals surface area contributed by atoms with Crippen molar-refractivity contribution in [3.8, 4) is 11.5 Å². The second kappa shape index (κ2) is 9.65. The quantitative estimate of drug-likeness (QED) is 0.518. The number of para-hydroxylation sites is 2. The van der Waals surface area contributed by atoms with E-state index in [1.807, 2.05) is 6.07 Å². The van der Waals surface area contributed by atoms with Crippen molar-refractivity contribution in [1.29, 1.82) is 0 Å². The number of nitrogens with one attached hydrogen (secondary N) is 1. The van der Waals surface area contributed by atoms with Crippen LogP contribution in [0.3, 0.4) is 0 Å². The monoisotopic (exact) mass is 411 g/mol. The molecule has 1 atom stereocenters. The lowest BCUT2D eigenvalue weighted by atomic mass is 10.1. The van der Waals surface area contributed by atoms with Crippen molar-refractivity contribution in [2.24, 2.45) is 0 Å². The van der Waals surface area contributed by atoms with Gasteiger partial charge in [0.2, 0.25) is 5.78 Å². The zero-order chi connectivity index (χ0) is 21.5. The molecule has 1 N–H and O–H groups in total. The molecule has 0 saturated heterocycles. The Balaban J connectivity index is 1.71. The average molecular weight is 411 g/mol. The molecule has 0 aromatic heterocycles. The van der Waals surface area contributed by atoms with E-state index in [9.17, 15) is 18.4 Å². The topological polar surface area (TPSA) is 64.6 Å². The highest BCUT2D eigenvalue weighted by molar-refractivity contribution is 6.06. The van der Waals surface area contributed by atoms with Gasteiger partial charge in [0.25, 0.3) is 5.91 Å². The summed E-state index contributed by atoms with van der Waals surface area (Å²) in [6.45, 7) is -1.38. The number of amides is 1. The highest BCUT2D eigenvalue weighted by Gasteiger charge is 2.20. The van der Waals surface area contributed by atoms with Crippen LogP contribution >= 0.6 is 0 Å². The first kappa shape index (κ1) is 21.0. The third-order valence-electron chi connectivity index (χ3n) is 4.20. The van der Waals surface area contributed by atoms with Crippen molar-refractivity contribution in [3.63, 3.8) is 0 Å². The maximum atomic E-state index is 12.6. The zero-order valence-corrected chi connectivity index (χ0v) is 16.0. The molecule has 0 fully saturated rings. The van der Waals surface area contributed by atoms with Crippen molar-refractivity contribution in [1.82, 2.24) is 0 Å². The Bertz CT molecular complexity index is 1010. The van der Waals surface area contributed by atoms with Gasteiger partial charge in [-0.2, -0.15) is 8.78 Å². The van der Waals surface area contributed by atoms with Gasteiger partial charge in [-0.05, 0) is 55.5 Å². The van der Waals surface area contributed by atoms with Gasteiger partial charge in [-0.15, -0.1) is 0 Å². The average Bonchev–Trinajstić information content (AvgIpc) is 2.74. The first-order chi connectivity index (χ1) is 14.4. The van der Waals surface area contributed by atoms with E-state index >= 15 is 0 Å². The molecule has 30 heavy (non-hydrogen) atoms. The number of carbonyl (C=O) groups is 2. The van der Waals surface area contributed by atoms with Crippen LogP contribution in [0.2, 0.25) is 0 Å². The summed E-state index contributed by atoms with van der Waals surface area (Å²) in [6, 6.07) is 20.9. The van der Waals surface area contributed by atoms with E-state index in [1.54, 1.807) is 55.5 Å². The lowest BCUT2D eigenvalue weighted by molar-refractivity contribution is -0.0498. The Morgan fingerprint density at radius 1 is 0.833 bits per heavy atom. The van der Waals surface area contributed by atoms with E-state index in [0.717, 1.165) is 0 Å². The van der Waals surface area contributed by atoms with E-state index in [2.05, 4.69) is 10.1 Å². The number of hydrogen-bond donors (Lipinski definition) is 1. The molecular formula is C23H19F2NO4. The SMILES string of the molecule is C[C@H](Oc1ccccc1C(=O)Nc1ccccc1)C(=O)c1ccc(OC(F)F)cc1. The number of ether oxygens (including phenoxy) is 2. The zero-order valence-electron chi connectivity index (χ0n) is 16.0. The number of hydrogen-bond acceptors (Lipinski definition) is 4. The van der Waals surface area contributed by atoms with Crippen molar-refractivity contribution in [2.45, 2.75) is 19.6 Å². The Hall–Kier alpha value is -3.74. The van der Waals surface area contributed by atoms with Gasteiger partial charge in [0.05, 0.1) is 5.56 Å². The molecule has 0 bridgehead atoms. The molecule has 0 spiro atoms. The summed E-state index contributed by atoms with van der Waals surface area (Å²) >= 11 is 0. The van der Waals surface area contributed by atoms with E-state index < -0.39 is 12.7 Å². The third-order valence-corrected chi connectivity index (χ3v) is 4.20. The fourth-order valence-corrected chi connectivity index (χ4v) is 2.76. The van der Waals surface area contributed by atoms with Gasteiger partial charge < -0.3 is 14.8 Å². The van der Waals surface area contributed by atoms with Crippen LogP contribution in [0.15, 0.2) is 78.9 Å². The van der Waals surface area contributed by atoms with Gasteiger partial charge in [0, 0.05) is 11.3 Å². The highest BCUT2D eigenvalue weighted by Crippen LogP contribution is 2.23. The molecule has 154 valence electrons. The van der Waals surface area contributed by atoms with Crippen molar-refractivity contribution >= 4 is 17.4 Å². The Morgan fingerprint density at radius 3 is 2.13 bits per heavy atom. The van der Waals surface area contributed by atoms with Crippen LogP contribution in [0.4, 0.5) is 14.5 Å². The Kier molecular flexibility index (Phi) is 6.75. The first-order valence-corrected chi connectivity index (χ1v) is 9.15. The molecule has 0 unspecified atom stereocenters. The minimum atomic E-state index is -2.94. The number of rotatable bonds is 8. The van der Waals surface area contributed by atoms with Gasteiger partial charge in [0.1, 0.15) is 11.5 Å². The first-order valence-electron chi connectivity index (χ1n) is 9.15. The van der Waals surface area contributed by atoms with E-state index in [-0.39, 0.29) is 34.3 Å². The number of ketones is 1. The molecule has 0 saturated carbocycles. The molecule has 0 heterocycles. The molecular weight excluding hydrogens is 392 g/mol. The highest BCUT2D eigenvalue weighted by atomic mass is 19.3. The lowest BCUT2D eigenvalue weighted by Gasteiger charge is -2.17. The summed E-state index contributed by atoms with van der Waals surface area (Å²) in [5.74, 6) is -0.524. The second-order valence-corrected chi connectivity index (χ2v) is 6.34. The number of anilines is 1. The van der Waals surface area contributed by atoms with Gasteiger partial charge in [-0.25, -0.2) is 0 Å². The maximum Gasteiger partial charge on any atom is 0.387 e. The molecule has 3 rings (SSSR count). The fraction of sp³-hybridized carbons (Fsp3) is 0.130. The molecule has 0 radical (unpaired) electrons. The molecule has 3 aromatic rings. The molecule has 0 aliphatic rings. The minimum absolute atomic E-state index is 0.0435. The lowest BCUT2D eigenvalue weighted by Crippen LogP contribution is -2.25. The van der Waals surface area contributed by atoms with Gasteiger partial charge >= 0.3 is 6.61 Å².